The van der Waals surface area contributed by atoms with E-state index in [-0.39, 0.29) is 24.0 Å². The average molecular weight is 369 g/mol. The second-order valence-corrected chi connectivity index (χ2v) is 5.08. The topological polar surface area (TPSA) is 53.4 Å². The molecule has 0 atom stereocenters. The molecule has 1 rings (SSSR count). The van der Waals surface area contributed by atoms with E-state index in [9.17, 15) is 0 Å². The quantitative estimate of drug-likeness (QED) is 0.503. The zero-order valence-electron chi connectivity index (χ0n) is 10.9. The van der Waals surface area contributed by atoms with Crippen molar-refractivity contribution in [1.82, 2.24) is 20.4 Å². The third-order valence-electron chi connectivity index (χ3n) is 2.01. The number of rotatable bonds is 3. The summed E-state index contributed by atoms with van der Waals surface area (Å²) in [6.07, 6.45) is 0. The zero-order valence-corrected chi connectivity index (χ0v) is 14.0. The molecule has 0 spiro atoms. The fourth-order valence-corrected chi connectivity index (χ4v) is 1.95. The molecular formula is C10H20IN5S. The first-order valence-electron chi connectivity index (χ1n) is 5.24. The lowest BCUT2D eigenvalue weighted by molar-refractivity contribution is 0.582. The van der Waals surface area contributed by atoms with Crippen LogP contribution in [0.1, 0.15) is 29.8 Å². The maximum atomic E-state index is 4.14. The highest BCUT2D eigenvalue weighted by Gasteiger charge is 2.08. The molecule has 0 saturated carbocycles. The molecule has 98 valence electrons. The van der Waals surface area contributed by atoms with Gasteiger partial charge in [0.1, 0.15) is 10.0 Å². The van der Waals surface area contributed by atoms with Crippen molar-refractivity contribution in [2.45, 2.75) is 26.3 Å². The molecule has 0 fully saturated rings. The molecule has 0 amide bonds. The lowest BCUT2D eigenvalue weighted by Gasteiger charge is -2.15. The predicted octanol–water partition coefficient (Wildman–Crippen LogP) is 1.92. The van der Waals surface area contributed by atoms with E-state index in [1.807, 2.05) is 19.0 Å². The number of nitrogens with zero attached hydrogens (tertiary/aromatic N) is 4. The molecule has 1 aromatic rings. The van der Waals surface area contributed by atoms with Crippen LogP contribution in [-0.2, 0) is 6.54 Å². The number of hydrogen-bond donors (Lipinski definition) is 1. The molecule has 0 radical (unpaired) electrons. The Morgan fingerprint density at radius 1 is 1.41 bits per heavy atom. The van der Waals surface area contributed by atoms with Crippen molar-refractivity contribution in [3.05, 3.63) is 10.0 Å². The monoisotopic (exact) mass is 369 g/mol. The van der Waals surface area contributed by atoms with Gasteiger partial charge in [0.2, 0.25) is 0 Å². The Labute approximate surface area is 124 Å². The summed E-state index contributed by atoms with van der Waals surface area (Å²) in [4.78, 5) is 6.07. The molecule has 5 nitrogen and oxygen atoms in total. The number of halogens is 1. The van der Waals surface area contributed by atoms with Crippen LogP contribution >= 0.6 is 35.3 Å². The first-order valence-corrected chi connectivity index (χ1v) is 6.06. The van der Waals surface area contributed by atoms with Gasteiger partial charge in [0, 0.05) is 27.1 Å². The standard InChI is InChI=1S/C10H19N5S.HI/c1-7(2)9-14-13-8(16-9)6-12-10(11-3)15(4)5;/h7H,6H2,1-5H3,(H,11,12);1H. The summed E-state index contributed by atoms with van der Waals surface area (Å²) < 4.78 is 0. The molecule has 7 heteroatoms. The van der Waals surface area contributed by atoms with E-state index in [0.717, 1.165) is 16.0 Å². The van der Waals surface area contributed by atoms with Crippen LogP contribution in [0.4, 0.5) is 0 Å². The normalized spacial score (nSPS) is 11.3. The van der Waals surface area contributed by atoms with Crippen LogP contribution in [-0.4, -0.2) is 42.2 Å². The van der Waals surface area contributed by atoms with Gasteiger partial charge in [-0.25, -0.2) is 0 Å². The number of aliphatic imine (C=N–C) groups is 1. The number of hydrogen-bond acceptors (Lipinski definition) is 4. The molecule has 0 aliphatic heterocycles. The molecule has 0 bridgehead atoms. The summed E-state index contributed by atoms with van der Waals surface area (Å²) in [5.74, 6) is 1.29. The van der Waals surface area contributed by atoms with Crippen LogP contribution in [0.3, 0.4) is 0 Å². The van der Waals surface area contributed by atoms with E-state index >= 15 is 0 Å². The highest BCUT2D eigenvalue weighted by molar-refractivity contribution is 14.0. The van der Waals surface area contributed by atoms with Gasteiger partial charge in [-0.05, 0) is 0 Å². The molecule has 0 unspecified atom stereocenters. The summed E-state index contributed by atoms with van der Waals surface area (Å²) in [5, 5.41) is 13.6. The van der Waals surface area contributed by atoms with Crippen molar-refractivity contribution >= 4 is 41.3 Å². The maximum Gasteiger partial charge on any atom is 0.193 e. The molecule has 0 aliphatic carbocycles. The van der Waals surface area contributed by atoms with Gasteiger partial charge < -0.3 is 10.2 Å². The van der Waals surface area contributed by atoms with Gasteiger partial charge in [0.05, 0.1) is 6.54 Å². The van der Waals surface area contributed by atoms with Crippen LogP contribution in [0.15, 0.2) is 4.99 Å². The number of aromatic nitrogens is 2. The first kappa shape index (κ1) is 16.6. The minimum atomic E-state index is 0. The van der Waals surface area contributed by atoms with Crippen molar-refractivity contribution in [3.8, 4) is 0 Å². The Balaban J connectivity index is 0.00000256. The minimum absolute atomic E-state index is 0. The van der Waals surface area contributed by atoms with Crippen molar-refractivity contribution in [1.29, 1.82) is 0 Å². The lowest BCUT2D eigenvalue weighted by Crippen LogP contribution is -2.35. The van der Waals surface area contributed by atoms with Gasteiger partial charge in [0.15, 0.2) is 5.96 Å². The summed E-state index contributed by atoms with van der Waals surface area (Å²) in [6, 6.07) is 0. The average Bonchev–Trinajstić information content (AvgIpc) is 2.67. The summed E-state index contributed by atoms with van der Waals surface area (Å²) in [7, 11) is 5.67. The molecule has 1 aromatic heterocycles. The fraction of sp³-hybridized carbons (Fsp3) is 0.700. The predicted molar refractivity (Wildman–Crippen MR) is 83.3 cm³/mol. The van der Waals surface area contributed by atoms with Crippen molar-refractivity contribution in [2.24, 2.45) is 4.99 Å². The van der Waals surface area contributed by atoms with Crippen LogP contribution < -0.4 is 5.32 Å². The number of guanidine groups is 1. The smallest absolute Gasteiger partial charge is 0.193 e. The van der Waals surface area contributed by atoms with E-state index < -0.39 is 0 Å². The van der Waals surface area contributed by atoms with Crippen LogP contribution in [0.2, 0.25) is 0 Å². The summed E-state index contributed by atoms with van der Waals surface area (Å²) >= 11 is 1.65. The van der Waals surface area contributed by atoms with Crippen molar-refractivity contribution < 1.29 is 0 Å². The lowest BCUT2D eigenvalue weighted by atomic mass is 10.2. The third-order valence-corrected chi connectivity index (χ3v) is 3.23. The van der Waals surface area contributed by atoms with Crippen molar-refractivity contribution in [3.63, 3.8) is 0 Å². The molecule has 1 N–H and O–H groups in total. The number of nitrogens with one attached hydrogen (secondary N) is 1. The molecule has 17 heavy (non-hydrogen) atoms. The molecular weight excluding hydrogens is 349 g/mol. The van der Waals surface area contributed by atoms with Gasteiger partial charge >= 0.3 is 0 Å². The first-order chi connectivity index (χ1) is 7.54. The highest BCUT2D eigenvalue weighted by atomic mass is 127. The van der Waals surface area contributed by atoms with E-state index in [2.05, 4.69) is 34.4 Å². The zero-order chi connectivity index (χ0) is 12.1. The third kappa shape index (κ3) is 5.15. The second kappa shape index (κ2) is 7.80. The van der Waals surface area contributed by atoms with Crippen molar-refractivity contribution in [2.75, 3.05) is 21.1 Å². The van der Waals surface area contributed by atoms with Gasteiger partial charge in [-0.3, -0.25) is 4.99 Å². The van der Waals surface area contributed by atoms with Gasteiger partial charge in [0.25, 0.3) is 0 Å². The van der Waals surface area contributed by atoms with Gasteiger partial charge in [-0.15, -0.1) is 34.2 Å². The van der Waals surface area contributed by atoms with Crippen LogP contribution in [0.5, 0.6) is 0 Å². The van der Waals surface area contributed by atoms with Gasteiger partial charge in [-0.2, -0.15) is 0 Å². The largest absolute Gasteiger partial charge is 0.350 e. The van der Waals surface area contributed by atoms with E-state index in [0.29, 0.717) is 12.5 Å². The Bertz CT molecular complexity index is 361. The van der Waals surface area contributed by atoms with Crippen LogP contribution in [0, 0.1) is 0 Å². The van der Waals surface area contributed by atoms with E-state index in [1.165, 1.54) is 0 Å². The second-order valence-electron chi connectivity index (χ2n) is 3.98. The molecule has 1 heterocycles. The highest BCUT2D eigenvalue weighted by Crippen LogP contribution is 2.18. The summed E-state index contributed by atoms with van der Waals surface area (Å²) in [6.45, 7) is 4.92. The Morgan fingerprint density at radius 2 is 2.06 bits per heavy atom. The Hall–Kier alpha value is -0.440. The fourth-order valence-electron chi connectivity index (χ4n) is 1.16. The molecule has 0 saturated heterocycles. The van der Waals surface area contributed by atoms with Crippen LogP contribution in [0.25, 0.3) is 0 Å². The Kier molecular flexibility index (Phi) is 7.60. The molecule has 0 aromatic carbocycles. The minimum Gasteiger partial charge on any atom is -0.350 e. The van der Waals surface area contributed by atoms with E-state index in [1.54, 1.807) is 18.4 Å². The SMILES string of the molecule is CN=C(NCc1nnc(C(C)C)s1)N(C)C.I. The molecule has 0 aliphatic rings. The van der Waals surface area contributed by atoms with E-state index in [4.69, 9.17) is 0 Å². The van der Waals surface area contributed by atoms with Gasteiger partial charge in [-0.1, -0.05) is 25.2 Å². The maximum absolute atomic E-state index is 4.14. The Morgan fingerprint density at radius 3 is 2.47 bits per heavy atom. The summed E-state index contributed by atoms with van der Waals surface area (Å²) in [5.41, 5.74) is 0.